The molecular formula is C20H23N. The standard InChI is InChI=1S/C20H23N/c1-3-9-16(4-2)21-20-14-15-10-5-6-11-17(15)18-12-7-8-13-19(18)20/h3-5,8,10,13-14,16,21H,1-2,6-7,9,11-12H2. The minimum atomic E-state index is 0.243. The molecule has 0 saturated heterocycles. The van der Waals surface area contributed by atoms with Crippen LogP contribution < -0.4 is 5.32 Å². The fourth-order valence-electron chi connectivity index (χ4n) is 3.32. The molecule has 0 fully saturated rings. The lowest BCUT2D eigenvalue weighted by atomic mass is 9.84. The lowest BCUT2D eigenvalue weighted by Crippen LogP contribution is -2.18. The van der Waals surface area contributed by atoms with Crippen molar-refractivity contribution in [2.45, 2.75) is 38.1 Å². The molecule has 0 spiro atoms. The summed E-state index contributed by atoms with van der Waals surface area (Å²) in [5, 5.41) is 3.63. The number of benzene rings is 1. The van der Waals surface area contributed by atoms with Gasteiger partial charge in [-0.2, -0.15) is 0 Å². The van der Waals surface area contributed by atoms with Crippen molar-refractivity contribution >= 4 is 17.8 Å². The maximum absolute atomic E-state index is 3.93. The average Bonchev–Trinajstić information content (AvgIpc) is 2.54. The molecule has 1 unspecified atom stereocenters. The predicted molar refractivity (Wildman–Crippen MR) is 93.6 cm³/mol. The van der Waals surface area contributed by atoms with Crippen molar-refractivity contribution in [3.63, 3.8) is 0 Å². The molecule has 1 aromatic rings. The molecule has 1 nitrogen and oxygen atoms in total. The van der Waals surface area contributed by atoms with E-state index in [1.807, 2.05) is 12.2 Å². The van der Waals surface area contributed by atoms with E-state index in [2.05, 4.69) is 48.8 Å². The molecule has 0 saturated carbocycles. The molecule has 1 heteroatoms. The summed E-state index contributed by atoms with van der Waals surface area (Å²) >= 11 is 0. The quantitative estimate of drug-likeness (QED) is 0.734. The highest BCUT2D eigenvalue weighted by Crippen LogP contribution is 2.35. The first kappa shape index (κ1) is 13.9. The van der Waals surface area contributed by atoms with E-state index in [4.69, 9.17) is 0 Å². The summed E-state index contributed by atoms with van der Waals surface area (Å²) in [5.41, 5.74) is 7.10. The summed E-state index contributed by atoms with van der Waals surface area (Å²) in [7, 11) is 0. The first-order valence-electron chi connectivity index (χ1n) is 7.85. The largest absolute Gasteiger partial charge is 0.378 e. The molecule has 0 bridgehead atoms. The fourth-order valence-corrected chi connectivity index (χ4v) is 3.32. The Labute approximate surface area is 127 Å². The van der Waals surface area contributed by atoms with Crippen LogP contribution in [0.4, 0.5) is 5.69 Å². The first-order chi connectivity index (χ1) is 10.3. The molecule has 1 N–H and O–H groups in total. The van der Waals surface area contributed by atoms with Crippen molar-refractivity contribution in [3.05, 3.63) is 65.8 Å². The molecule has 0 aromatic heterocycles. The third-order valence-electron chi connectivity index (χ3n) is 4.38. The van der Waals surface area contributed by atoms with E-state index < -0.39 is 0 Å². The molecule has 0 amide bonds. The van der Waals surface area contributed by atoms with Gasteiger partial charge in [-0.25, -0.2) is 0 Å². The molecular weight excluding hydrogens is 254 g/mol. The van der Waals surface area contributed by atoms with Crippen molar-refractivity contribution in [3.8, 4) is 0 Å². The van der Waals surface area contributed by atoms with Crippen LogP contribution in [-0.4, -0.2) is 6.04 Å². The molecule has 2 aliphatic rings. The monoisotopic (exact) mass is 277 g/mol. The number of allylic oxidation sites excluding steroid dienone is 2. The molecule has 0 radical (unpaired) electrons. The SMILES string of the molecule is C=CCC(C=C)Nc1cc2c(c3c1C=CCC3)CCC=C2. The first-order valence-corrected chi connectivity index (χ1v) is 7.85. The van der Waals surface area contributed by atoms with Crippen LogP contribution in [0.2, 0.25) is 0 Å². The van der Waals surface area contributed by atoms with Gasteiger partial charge in [-0.15, -0.1) is 13.2 Å². The van der Waals surface area contributed by atoms with Gasteiger partial charge in [0, 0.05) is 17.3 Å². The summed E-state index contributed by atoms with van der Waals surface area (Å²) in [6, 6.07) is 2.55. The molecule has 108 valence electrons. The third kappa shape index (κ3) is 2.73. The second-order valence-corrected chi connectivity index (χ2v) is 5.78. The van der Waals surface area contributed by atoms with Gasteiger partial charge in [-0.1, -0.05) is 36.5 Å². The van der Waals surface area contributed by atoms with E-state index in [9.17, 15) is 0 Å². The van der Waals surface area contributed by atoms with Crippen LogP contribution in [0.5, 0.6) is 0 Å². The summed E-state index contributed by atoms with van der Waals surface area (Å²) in [6.45, 7) is 7.77. The van der Waals surface area contributed by atoms with Gasteiger partial charge in [-0.3, -0.25) is 0 Å². The van der Waals surface area contributed by atoms with Crippen LogP contribution in [0, 0.1) is 0 Å². The molecule has 2 aliphatic carbocycles. The number of hydrogen-bond donors (Lipinski definition) is 1. The van der Waals surface area contributed by atoms with E-state index >= 15 is 0 Å². The zero-order valence-electron chi connectivity index (χ0n) is 12.6. The van der Waals surface area contributed by atoms with Gasteiger partial charge in [0.25, 0.3) is 0 Å². The average molecular weight is 277 g/mol. The minimum Gasteiger partial charge on any atom is -0.378 e. The Morgan fingerprint density at radius 3 is 2.62 bits per heavy atom. The Morgan fingerprint density at radius 2 is 1.86 bits per heavy atom. The maximum Gasteiger partial charge on any atom is 0.0476 e. The molecule has 21 heavy (non-hydrogen) atoms. The van der Waals surface area contributed by atoms with Crippen LogP contribution in [0.1, 0.15) is 41.5 Å². The van der Waals surface area contributed by atoms with E-state index in [0.29, 0.717) is 0 Å². The van der Waals surface area contributed by atoms with E-state index in [1.54, 1.807) is 11.1 Å². The minimum absolute atomic E-state index is 0.243. The van der Waals surface area contributed by atoms with Gasteiger partial charge < -0.3 is 5.32 Å². The number of anilines is 1. The van der Waals surface area contributed by atoms with E-state index in [1.165, 1.54) is 29.7 Å². The highest BCUT2D eigenvalue weighted by Gasteiger charge is 2.19. The molecule has 0 heterocycles. The molecule has 1 atom stereocenters. The summed E-state index contributed by atoms with van der Waals surface area (Å²) < 4.78 is 0. The summed E-state index contributed by atoms with van der Waals surface area (Å²) in [5.74, 6) is 0. The van der Waals surface area contributed by atoms with Gasteiger partial charge in [0.05, 0.1) is 0 Å². The Bertz CT molecular complexity index is 619. The second kappa shape index (κ2) is 6.17. The smallest absolute Gasteiger partial charge is 0.0476 e. The zero-order valence-corrected chi connectivity index (χ0v) is 12.6. The van der Waals surface area contributed by atoms with Crippen LogP contribution >= 0.6 is 0 Å². The normalized spacial score (nSPS) is 16.8. The summed E-state index contributed by atoms with van der Waals surface area (Å²) in [6.07, 6.45) is 18.6. The number of fused-ring (bicyclic) bond motifs is 3. The molecule has 1 aromatic carbocycles. The van der Waals surface area contributed by atoms with Crippen LogP contribution in [0.3, 0.4) is 0 Å². The van der Waals surface area contributed by atoms with Crippen LogP contribution in [-0.2, 0) is 12.8 Å². The van der Waals surface area contributed by atoms with Gasteiger partial charge in [0.1, 0.15) is 0 Å². The van der Waals surface area contributed by atoms with Crippen LogP contribution in [0.15, 0.2) is 43.5 Å². The number of nitrogens with one attached hydrogen (secondary N) is 1. The predicted octanol–water partition coefficient (Wildman–Crippen LogP) is 5.15. The third-order valence-corrected chi connectivity index (χ3v) is 4.38. The van der Waals surface area contributed by atoms with Crippen molar-refractivity contribution < 1.29 is 0 Å². The second-order valence-electron chi connectivity index (χ2n) is 5.78. The van der Waals surface area contributed by atoms with Crippen molar-refractivity contribution in [1.29, 1.82) is 0 Å². The summed E-state index contributed by atoms with van der Waals surface area (Å²) in [4.78, 5) is 0. The van der Waals surface area contributed by atoms with E-state index in [0.717, 1.165) is 19.3 Å². The van der Waals surface area contributed by atoms with Gasteiger partial charge in [-0.05, 0) is 54.9 Å². The topological polar surface area (TPSA) is 12.0 Å². The Hall–Kier alpha value is -2.02. The van der Waals surface area contributed by atoms with E-state index in [-0.39, 0.29) is 6.04 Å². The fraction of sp³-hybridized carbons (Fsp3) is 0.300. The Balaban J connectivity index is 2.04. The highest BCUT2D eigenvalue weighted by molar-refractivity contribution is 5.78. The molecule has 3 rings (SSSR count). The number of hydrogen-bond acceptors (Lipinski definition) is 1. The van der Waals surface area contributed by atoms with Gasteiger partial charge in [0.15, 0.2) is 0 Å². The highest BCUT2D eigenvalue weighted by atomic mass is 14.9. The Kier molecular flexibility index (Phi) is 4.10. The molecule has 0 aliphatic heterocycles. The Morgan fingerprint density at radius 1 is 1.10 bits per heavy atom. The lowest BCUT2D eigenvalue weighted by Gasteiger charge is -2.25. The van der Waals surface area contributed by atoms with Crippen molar-refractivity contribution in [1.82, 2.24) is 0 Å². The van der Waals surface area contributed by atoms with Crippen molar-refractivity contribution in [2.24, 2.45) is 0 Å². The lowest BCUT2D eigenvalue weighted by molar-refractivity contribution is 0.882. The number of rotatable bonds is 5. The zero-order chi connectivity index (χ0) is 14.7. The van der Waals surface area contributed by atoms with Gasteiger partial charge >= 0.3 is 0 Å². The maximum atomic E-state index is 3.93. The van der Waals surface area contributed by atoms with Crippen LogP contribution in [0.25, 0.3) is 12.2 Å². The van der Waals surface area contributed by atoms with Gasteiger partial charge in [0.2, 0.25) is 0 Å². The van der Waals surface area contributed by atoms with Crippen molar-refractivity contribution in [2.75, 3.05) is 5.32 Å².